The molecule has 1 aliphatic rings. The number of hydrogen-bond donors (Lipinski definition) is 2. The van der Waals surface area contributed by atoms with Gasteiger partial charge in [0.2, 0.25) is 5.91 Å². The molecule has 0 radical (unpaired) electrons. The first-order chi connectivity index (χ1) is 9.08. The number of rotatable bonds is 5. The molecule has 0 saturated carbocycles. The van der Waals surface area contributed by atoms with Gasteiger partial charge in [0.1, 0.15) is 5.76 Å². The maximum Gasteiger partial charge on any atom is 0.220 e. The summed E-state index contributed by atoms with van der Waals surface area (Å²) in [5.74, 6) is 1.55. The van der Waals surface area contributed by atoms with Crippen molar-refractivity contribution in [1.29, 1.82) is 0 Å². The lowest BCUT2D eigenvalue weighted by molar-refractivity contribution is -0.122. The van der Waals surface area contributed by atoms with Crippen LogP contribution in [0.3, 0.4) is 0 Å². The Labute approximate surface area is 114 Å². The van der Waals surface area contributed by atoms with Crippen LogP contribution >= 0.6 is 0 Å². The van der Waals surface area contributed by atoms with Crippen molar-refractivity contribution in [2.24, 2.45) is 5.92 Å². The van der Waals surface area contributed by atoms with E-state index in [1.54, 1.807) is 0 Å². The summed E-state index contributed by atoms with van der Waals surface area (Å²) >= 11 is 0. The van der Waals surface area contributed by atoms with Crippen molar-refractivity contribution < 1.29 is 9.32 Å². The van der Waals surface area contributed by atoms with Crippen molar-refractivity contribution in [2.75, 3.05) is 13.1 Å². The fourth-order valence-electron chi connectivity index (χ4n) is 2.79. The second-order valence-corrected chi connectivity index (χ2v) is 5.42. The van der Waals surface area contributed by atoms with Gasteiger partial charge in [-0.15, -0.1) is 0 Å². The molecule has 1 aromatic rings. The van der Waals surface area contributed by atoms with Crippen molar-refractivity contribution in [2.45, 2.75) is 46.1 Å². The van der Waals surface area contributed by atoms with Gasteiger partial charge < -0.3 is 15.2 Å². The van der Waals surface area contributed by atoms with Crippen LogP contribution in [0.4, 0.5) is 0 Å². The van der Waals surface area contributed by atoms with E-state index < -0.39 is 0 Å². The molecule has 2 rings (SSSR count). The fourth-order valence-corrected chi connectivity index (χ4v) is 2.79. The van der Waals surface area contributed by atoms with E-state index in [0.717, 1.165) is 36.5 Å². The number of nitrogens with one attached hydrogen (secondary N) is 2. The quantitative estimate of drug-likeness (QED) is 0.852. The van der Waals surface area contributed by atoms with E-state index >= 15 is 0 Å². The molecule has 2 heterocycles. The normalized spacial score (nSPS) is 20.5. The molecule has 2 atom stereocenters. The molecule has 1 amide bonds. The molecule has 0 spiro atoms. The minimum Gasteiger partial charge on any atom is -0.361 e. The molecule has 2 N–H and O–H groups in total. The highest BCUT2D eigenvalue weighted by Crippen LogP contribution is 2.21. The largest absolute Gasteiger partial charge is 0.361 e. The Balaban J connectivity index is 1.81. The second-order valence-electron chi connectivity index (χ2n) is 5.42. The van der Waals surface area contributed by atoms with E-state index in [4.69, 9.17) is 4.52 Å². The molecule has 0 aromatic carbocycles. The predicted octanol–water partition coefficient (Wildman–Crippen LogP) is 1.86. The number of carbonyl (C=O) groups is 1. The fraction of sp³-hybridized carbons (Fsp3) is 0.714. The zero-order valence-electron chi connectivity index (χ0n) is 12.0. The standard InChI is InChI=1S/C14H23N3O2/c1-9(14-10(2)17-19-11(14)3)16-13(18)5-4-12-6-7-15-8-12/h9,12,15H,4-8H2,1-3H3,(H,16,18). The third kappa shape index (κ3) is 3.56. The van der Waals surface area contributed by atoms with E-state index in [2.05, 4.69) is 15.8 Å². The molecule has 106 valence electrons. The molecule has 1 aromatic heterocycles. The lowest BCUT2D eigenvalue weighted by atomic mass is 10.0. The summed E-state index contributed by atoms with van der Waals surface area (Å²) in [6.07, 6.45) is 2.75. The number of carbonyl (C=O) groups excluding carboxylic acids is 1. The summed E-state index contributed by atoms with van der Waals surface area (Å²) < 4.78 is 5.13. The summed E-state index contributed by atoms with van der Waals surface area (Å²) in [5, 5.41) is 10.3. The topological polar surface area (TPSA) is 67.2 Å². The maximum atomic E-state index is 11.9. The molecule has 2 unspecified atom stereocenters. The minimum atomic E-state index is -0.0412. The Morgan fingerprint density at radius 2 is 2.37 bits per heavy atom. The molecule has 0 bridgehead atoms. The lowest BCUT2D eigenvalue weighted by Crippen LogP contribution is -2.27. The highest BCUT2D eigenvalue weighted by molar-refractivity contribution is 5.76. The summed E-state index contributed by atoms with van der Waals surface area (Å²) in [7, 11) is 0. The summed E-state index contributed by atoms with van der Waals surface area (Å²) in [4.78, 5) is 11.9. The summed E-state index contributed by atoms with van der Waals surface area (Å²) in [6, 6.07) is -0.0412. The van der Waals surface area contributed by atoms with Gasteiger partial charge >= 0.3 is 0 Å². The first kappa shape index (κ1) is 14.1. The van der Waals surface area contributed by atoms with Crippen LogP contribution in [0.5, 0.6) is 0 Å². The predicted molar refractivity (Wildman–Crippen MR) is 72.7 cm³/mol. The van der Waals surface area contributed by atoms with Gasteiger partial charge in [0, 0.05) is 12.0 Å². The first-order valence-corrected chi connectivity index (χ1v) is 7.00. The molecular formula is C14H23N3O2. The Kier molecular flexibility index (Phi) is 4.58. The maximum absolute atomic E-state index is 11.9. The van der Waals surface area contributed by atoms with Crippen molar-refractivity contribution in [3.05, 3.63) is 17.0 Å². The number of amides is 1. The van der Waals surface area contributed by atoms with Crippen LogP contribution in [0, 0.1) is 19.8 Å². The van der Waals surface area contributed by atoms with Crippen LogP contribution in [0.1, 0.15) is 49.2 Å². The van der Waals surface area contributed by atoms with Crippen LogP contribution in [0.15, 0.2) is 4.52 Å². The average molecular weight is 265 g/mol. The smallest absolute Gasteiger partial charge is 0.220 e. The van der Waals surface area contributed by atoms with E-state index in [0.29, 0.717) is 12.3 Å². The number of nitrogens with zero attached hydrogens (tertiary/aromatic N) is 1. The Bertz CT molecular complexity index is 416. The highest BCUT2D eigenvalue weighted by atomic mass is 16.5. The van der Waals surface area contributed by atoms with Crippen LogP contribution in [0.2, 0.25) is 0 Å². The zero-order chi connectivity index (χ0) is 13.8. The molecule has 19 heavy (non-hydrogen) atoms. The van der Waals surface area contributed by atoms with Gasteiger partial charge in [0.15, 0.2) is 0 Å². The van der Waals surface area contributed by atoms with Gasteiger partial charge in [0.25, 0.3) is 0 Å². The Hall–Kier alpha value is -1.36. The number of aromatic nitrogens is 1. The monoisotopic (exact) mass is 265 g/mol. The molecule has 5 heteroatoms. The van der Waals surface area contributed by atoms with Crippen molar-refractivity contribution >= 4 is 5.91 Å². The molecule has 1 saturated heterocycles. The molecule has 1 aliphatic heterocycles. The molecule has 0 aliphatic carbocycles. The number of hydrogen-bond acceptors (Lipinski definition) is 4. The van der Waals surface area contributed by atoms with Gasteiger partial charge in [-0.2, -0.15) is 0 Å². The average Bonchev–Trinajstić information content (AvgIpc) is 2.97. The van der Waals surface area contributed by atoms with E-state index in [1.165, 1.54) is 6.42 Å². The molecule has 5 nitrogen and oxygen atoms in total. The van der Waals surface area contributed by atoms with Gasteiger partial charge in [-0.1, -0.05) is 5.16 Å². The molecular weight excluding hydrogens is 242 g/mol. The zero-order valence-corrected chi connectivity index (χ0v) is 12.0. The Morgan fingerprint density at radius 3 is 2.95 bits per heavy atom. The van der Waals surface area contributed by atoms with Gasteiger partial charge in [-0.25, -0.2) is 0 Å². The SMILES string of the molecule is Cc1noc(C)c1C(C)NC(=O)CCC1CCNC1. The second kappa shape index (κ2) is 6.19. The van der Waals surface area contributed by atoms with Gasteiger partial charge in [-0.3, -0.25) is 4.79 Å². The summed E-state index contributed by atoms with van der Waals surface area (Å²) in [5.41, 5.74) is 1.85. The molecule has 1 fully saturated rings. The highest BCUT2D eigenvalue weighted by Gasteiger charge is 2.20. The lowest BCUT2D eigenvalue weighted by Gasteiger charge is -2.14. The van der Waals surface area contributed by atoms with Gasteiger partial charge in [-0.05, 0) is 52.6 Å². The third-order valence-corrected chi connectivity index (χ3v) is 3.84. The van der Waals surface area contributed by atoms with E-state index in [-0.39, 0.29) is 11.9 Å². The van der Waals surface area contributed by atoms with Crippen molar-refractivity contribution in [3.63, 3.8) is 0 Å². The van der Waals surface area contributed by atoms with Crippen LogP contribution in [-0.4, -0.2) is 24.2 Å². The van der Waals surface area contributed by atoms with Crippen molar-refractivity contribution in [3.8, 4) is 0 Å². The van der Waals surface area contributed by atoms with Crippen molar-refractivity contribution in [1.82, 2.24) is 15.8 Å². The summed E-state index contributed by atoms with van der Waals surface area (Å²) in [6.45, 7) is 7.89. The Morgan fingerprint density at radius 1 is 1.58 bits per heavy atom. The third-order valence-electron chi connectivity index (χ3n) is 3.84. The van der Waals surface area contributed by atoms with E-state index in [1.807, 2.05) is 20.8 Å². The number of aryl methyl sites for hydroxylation is 2. The first-order valence-electron chi connectivity index (χ1n) is 7.00. The van der Waals surface area contributed by atoms with Crippen LogP contribution < -0.4 is 10.6 Å². The van der Waals surface area contributed by atoms with Crippen LogP contribution in [-0.2, 0) is 4.79 Å². The van der Waals surface area contributed by atoms with E-state index in [9.17, 15) is 4.79 Å². The van der Waals surface area contributed by atoms with Gasteiger partial charge in [0.05, 0.1) is 11.7 Å². The minimum absolute atomic E-state index is 0.0412. The van der Waals surface area contributed by atoms with Crippen LogP contribution in [0.25, 0.3) is 0 Å².